The number of nitrogens with one attached hydrogen (secondary N) is 2. The van der Waals surface area contributed by atoms with E-state index >= 15 is 0 Å². The third kappa shape index (κ3) is 4.48. The van der Waals surface area contributed by atoms with Crippen molar-refractivity contribution in [2.45, 2.75) is 11.8 Å². The van der Waals surface area contributed by atoms with Gasteiger partial charge in [0.15, 0.2) is 0 Å². The molecule has 0 saturated heterocycles. The van der Waals surface area contributed by atoms with E-state index in [-0.39, 0.29) is 16.1 Å². The number of anilines is 2. The summed E-state index contributed by atoms with van der Waals surface area (Å²) in [6, 6.07) is 16.0. The second kappa shape index (κ2) is 7.55. The van der Waals surface area contributed by atoms with Crippen LogP contribution < -0.4 is 10.0 Å². The number of benzene rings is 2. The van der Waals surface area contributed by atoms with Crippen molar-refractivity contribution >= 4 is 27.4 Å². The van der Waals surface area contributed by atoms with Crippen LogP contribution in [-0.4, -0.2) is 19.3 Å². The minimum Gasteiger partial charge on any atom is -0.307 e. The average molecular weight is 385 g/mol. The van der Waals surface area contributed by atoms with Crippen LogP contribution in [0.25, 0.3) is 0 Å². The average Bonchev–Trinajstić information content (AvgIpc) is 2.64. The molecule has 8 heteroatoms. The molecule has 2 N–H and O–H groups in total. The summed E-state index contributed by atoms with van der Waals surface area (Å²) in [5, 5.41) is 2.64. The number of hydrogen-bond acceptors (Lipinski definition) is 4. The monoisotopic (exact) mass is 385 g/mol. The fourth-order valence-electron chi connectivity index (χ4n) is 2.33. The lowest BCUT2D eigenvalue weighted by Crippen LogP contribution is -2.15. The van der Waals surface area contributed by atoms with Gasteiger partial charge in [0.05, 0.1) is 10.6 Å². The lowest BCUT2D eigenvalue weighted by atomic mass is 10.2. The summed E-state index contributed by atoms with van der Waals surface area (Å²) >= 11 is 0. The van der Waals surface area contributed by atoms with E-state index in [2.05, 4.69) is 15.0 Å². The molecule has 1 amide bonds. The Balaban J connectivity index is 1.76. The first-order valence-electron chi connectivity index (χ1n) is 7.97. The largest absolute Gasteiger partial charge is 0.307 e. The summed E-state index contributed by atoms with van der Waals surface area (Å²) < 4.78 is 40.6. The van der Waals surface area contributed by atoms with Gasteiger partial charge in [-0.1, -0.05) is 18.2 Å². The van der Waals surface area contributed by atoms with Crippen molar-refractivity contribution in [3.05, 3.63) is 83.8 Å². The lowest BCUT2D eigenvalue weighted by molar-refractivity contribution is 0.102. The van der Waals surface area contributed by atoms with Crippen molar-refractivity contribution in [2.75, 3.05) is 10.0 Å². The van der Waals surface area contributed by atoms with Gasteiger partial charge in [-0.25, -0.2) is 17.8 Å². The third-order valence-corrected chi connectivity index (χ3v) is 5.06. The standard InChI is InChI=1S/C19H16FN3O3S/c1-13-5-4-8-18(21-13)22-19(24)14-9-11-15(12-10-14)27(25,26)23-17-7-3-2-6-16(17)20/h2-12,23H,1H3,(H,21,22,24). The number of aryl methyl sites for hydroxylation is 1. The fourth-order valence-corrected chi connectivity index (χ4v) is 3.40. The molecule has 0 aliphatic heterocycles. The smallest absolute Gasteiger partial charge is 0.261 e. The first-order chi connectivity index (χ1) is 12.8. The molecule has 0 bridgehead atoms. The number of para-hydroxylation sites is 1. The van der Waals surface area contributed by atoms with Crippen LogP contribution in [0.4, 0.5) is 15.9 Å². The van der Waals surface area contributed by atoms with Gasteiger partial charge in [0.1, 0.15) is 11.6 Å². The molecule has 3 aromatic rings. The van der Waals surface area contributed by atoms with E-state index in [1.54, 1.807) is 25.1 Å². The predicted molar refractivity (Wildman–Crippen MR) is 101 cm³/mol. The molecule has 3 rings (SSSR count). The Morgan fingerprint density at radius 3 is 2.33 bits per heavy atom. The summed E-state index contributed by atoms with van der Waals surface area (Å²) in [4.78, 5) is 16.3. The normalized spacial score (nSPS) is 11.0. The zero-order valence-corrected chi connectivity index (χ0v) is 15.1. The SMILES string of the molecule is Cc1cccc(NC(=O)c2ccc(S(=O)(=O)Nc3ccccc3F)cc2)n1. The molecule has 1 heterocycles. The van der Waals surface area contributed by atoms with Gasteiger partial charge in [-0.05, 0) is 55.5 Å². The van der Waals surface area contributed by atoms with Gasteiger partial charge < -0.3 is 5.32 Å². The van der Waals surface area contributed by atoms with E-state index in [1.807, 2.05) is 0 Å². The molecule has 1 aromatic heterocycles. The van der Waals surface area contributed by atoms with Crippen LogP contribution >= 0.6 is 0 Å². The van der Waals surface area contributed by atoms with E-state index in [1.165, 1.54) is 42.5 Å². The molecule has 138 valence electrons. The Morgan fingerprint density at radius 2 is 1.67 bits per heavy atom. The molecule has 0 radical (unpaired) electrons. The minimum atomic E-state index is -3.98. The first-order valence-corrected chi connectivity index (χ1v) is 9.46. The Kier molecular flexibility index (Phi) is 5.18. The van der Waals surface area contributed by atoms with Crippen molar-refractivity contribution in [2.24, 2.45) is 0 Å². The number of halogens is 1. The third-order valence-electron chi connectivity index (χ3n) is 3.67. The van der Waals surface area contributed by atoms with Crippen LogP contribution in [0.1, 0.15) is 16.1 Å². The first kappa shape index (κ1) is 18.5. The Hall–Kier alpha value is -3.26. The molecule has 2 aromatic carbocycles. The van der Waals surface area contributed by atoms with Crippen LogP contribution in [0, 0.1) is 12.7 Å². The van der Waals surface area contributed by atoms with Gasteiger partial charge in [0.2, 0.25) is 0 Å². The van der Waals surface area contributed by atoms with Gasteiger partial charge >= 0.3 is 0 Å². The number of sulfonamides is 1. The maximum atomic E-state index is 13.7. The number of hydrogen-bond donors (Lipinski definition) is 2. The van der Waals surface area contributed by atoms with E-state index in [0.29, 0.717) is 5.82 Å². The Morgan fingerprint density at radius 1 is 0.963 bits per heavy atom. The summed E-state index contributed by atoms with van der Waals surface area (Å²) in [5.41, 5.74) is 0.876. The van der Waals surface area contributed by atoms with Gasteiger partial charge in [-0.2, -0.15) is 0 Å². The highest BCUT2D eigenvalue weighted by molar-refractivity contribution is 7.92. The fraction of sp³-hybridized carbons (Fsp3) is 0.0526. The van der Waals surface area contributed by atoms with Crippen molar-refractivity contribution < 1.29 is 17.6 Å². The molecule has 0 aliphatic carbocycles. The lowest BCUT2D eigenvalue weighted by Gasteiger charge is -2.10. The number of aromatic nitrogens is 1. The van der Waals surface area contributed by atoms with Gasteiger partial charge in [0.25, 0.3) is 15.9 Å². The van der Waals surface area contributed by atoms with E-state index in [4.69, 9.17) is 0 Å². The predicted octanol–water partition coefficient (Wildman–Crippen LogP) is 3.58. The van der Waals surface area contributed by atoms with Crippen LogP contribution in [0.3, 0.4) is 0 Å². The highest BCUT2D eigenvalue weighted by Gasteiger charge is 2.17. The number of carbonyl (C=O) groups excluding carboxylic acids is 1. The molecule has 0 saturated carbocycles. The molecule has 0 atom stereocenters. The van der Waals surface area contributed by atoms with Crippen LogP contribution in [-0.2, 0) is 10.0 Å². The van der Waals surface area contributed by atoms with E-state index < -0.39 is 21.7 Å². The van der Waals surface area contributed by atoms with Gasteiger partial charge in [-0.3, -0.25) is 9.52 Å². The Labute approximate surface area is 156 Å². The number of carbonyl (C=O) groups is 1. The Bertz CT molecular complexity index is 1080. The molecular formula is C19H16FN3O3S. The molecular weight excluding hydrogens is 369 g/mol. The second-order valence-corrected chi connectivity index (χ2v) is 7.41. The summed E-state index contributed by atoms with van der Waals surface area (Å²) in [5.74, 6) is -0.695. The van der Waals surface area contributed by atoms with Crippen LogP contribution in [0.5, 0.6) is 0 Å². The number of rotatable bonds is 5. The number of nitrogens with zero attached hydrogens (tertiary/aromatic N) is 1. The van der Waals surface area contributed by atoms with Crippen molar-refractivity contribution in [3.63, 3.8) is 0 Å². The van der Waals surface area contributed by atoms with Gasteiger partial charge in [0, 0.05) is 11.3 Å². The molecule has 6 nitrogen and oxygen atoms in total. The second-order valence-electron chi connectivity index (χ2n) is 5.73. The molecule has 0 spiro atoms. The summed E-state index contributed by atoms with van der Waals surface area (Å²) in [6.45, 7) is 1.80. The van der Waals surface area contributed by atoms with E-state index in [0.717, 1.165) is 11.8 Å². The van der Waals surface area contributed by atoms with Gasteiger partial charge in [-0.15, -0.1) is 0 Å². The number of amides is 1. The van der Waals surface area contributed by atoms with E-state index in [9.17, 15) is 17.6 Å². The molecule has 0 unspecified atom stereocenters. The highest BCUT2D eigenvalue weighted by Crippen LogP contribution is 2.19. The topological polar surface area (TPSA) is 88.2 Å². The quantitative estimate of drug-likeness (QED) is 0.703. The number of pyridine rings is 1. The van der Waals surface area contributed by atoms with Crippen molar-refractivity contribution in [3.8, 4) is 0 Å². The maximum Gasteiger partial charge on any atom is 0.261 e. The minimum absolute atomic E-state index is 0.0871. The molecule has 0 fully saturated rings. The summed E-state index contributed by atoms with van der Waals surface area (Å²) in [6.07, 6.45) is 0. The maximum absolute atomic E-state index is 13.7. The molecule has 27 heavy (non-hydrogen) atoms. The summed E-state index contributed by atoms with van der Waals surface area (Å²) in [7, 11) is -3.98. The van der Waals surface area contributed by atoms with Crippen LogP contribution in [0.15, 0.2) is 71.6 Å². The van der Waals surface area contributed by atoms with Crippen molar-refractivity contribution in [1.29, 1.82) is 0 Å². The van der Waals surface area contributed by atoms with Crippen LogP contribution in [0.2, 0.25) is 0 Å². The van der Waals surface area contributed by atoms with Crippen molar-refractivity contribution in [1.82, 2.24) is 4.98 Å². The zero-order valence-electron chi connectivity index (χ0n) is 14.3. The zero-order chi connectivity index (χ0) is 19.4. The molecule has 0 aliphatic rings. The highest BCUT2D eigenvalue weighted by atomic mass is 32.2.